The zero-order chi connectivity index (χ0) is 15.2. The lowest BCUT2D eigenvalue weighted by molar-refractivity contribution is 0.368. The highest BCUT2D eigenvalue weighted by Gasteiger charge is 2.22. The molecular weight excluding hydrogens is 270 g/mol. The standard InChI is InChI=1S/C14H21N5O2/c1-4-19-13(16-9-17-19)8-10(18-15)14-11(20-2)6-5-7-12(14)21-3/h5-7,9-10,18H,4,8,15H2,1-3H3. The Morgan fingerprint density at radius 1 is 1.29 bits per heavy atom. The summed E-state index contributed by atoms with van der Waals surface area (Å²) in [5, 5.41) is 4.18. The Bertz CT molecular complexity index is 562. The van der Waals surface area contributed by atoms with E-state index in [0.717, 1.165) is 29.4 Å². The molecule has 7 nitrogen and oxygen atoms in total. The SMILES string of the molecule is CCn1ncnc1CC(NN)c1c(OC)cccc1OC. The Kier molecular flexibility index (Phi) is 5.13. The molecule has 0 spiro atoms. The number of hydrogen-bond donors (Lipinski definition) is 2. The van der Waals surface area contributed by atoms with Gasteiger partial charge in [-0.25, -0.2) is 4.98 Å². The Balaban J connectivity index is 2.37. The first-order chi connectivity index (χ1) is 10.2. The summed E-state index contributed by atoms with van der Waals surface area (Å²) in [5.41, 5.74) is 3.69. The van der Waals surface area contributed by atoms with Crippen molar-refractivity contribution in [2.45, 2.75) is 25.9 Å². The average molecular weight is 291 g/mol. The van der Waals surface area contributed by atoms with Crippen molar-refractivity contribution >= 4 is 0 Å². The average Bonchev–Trinajstić information content (AvgIpc) is 2.99. The second kappa shape index (κ2) is 7.05. The number of hydrazine groups is 1. The van der Waals surface area contributed by atoms with Crippen LogP contribution in [0.1, 0.15) is 24.4 Å². The predicted molar refractivity (Wildman–Crippen MR) is 79.0 cm³/mol. The fraction of sp³-hybridized carbons (Fsp3) is 0.429. The highest BCUT2D eigenvalue weighted by atomic mass is 16.5. The van der Waals surface area contributed by atoms with Crippen LogP contribution in [0.2, 0.25) is 0 Å². The van der Waals surface area contributed by atoms with Crippen LogP contribution in [0, 0.1) is 0 Å². The molecule has 2 aromatic rings. The van der Waals surface area contributed by atoms with Gasteiger partial charge in [-0.15, -0.1) is 0 Å². The minimum Gasteiger partial charge on any atom is -0.496 e. The molecule has 0 saturated heterocycles. The molecule has 0 saturated carbocycles. The molecule has 1 unspecified atom stereocenters. The van der Waals surface area contributed by atoms with Crippen LogP contribution in [-0.2, 0) is 13.0 Å². The summed E-state index contributed by atoms with van der Waals surface area (Å²) >= 11 is 0. The summed E-state index contributed by atoms with van der Waals surface area (Å²) in [7, 11) is 3.25. The summed E-state index contributed by atoms with van der Waals surface area (Å²) in [6.45, 7) is 2.78. The molecule has 0 radical (unpaired) electrons. The molecule has 7 heteroatoms. The molecule has 114 valence electrons. The van der Waals surface area contributed by atoms with Crippen LogP contribution >= 0.6 is 0 Å². The number of nitrogens with two attached hydrogens (primary N) is 1. The maximum absolute atomic E-state index is 5.74. The smallest absolute Gasteiger partial charge is 0.138 e. The highest BCUT2D eigenvalue weighted by Crippen LogP contribution is 2.34. The van der Waals surface area contributed by atoms with E-state index >= 15 is 0 Å². The first-order valence-electron chi connectivity index (χ1n) is 6.78. The van der Waals surface area contributed by atoms with Crippen LogP contribution in [0.15, 0.2) is 24.5 Å². The van der Waals surface area contributed by atoms with Crippen molar-refractivity contribution in [1.29, 1.82) is 0 Å². The Morgan fingerprint density at radius 2 is 1.95 bits per heavy atom. The zero-order valence-electron chi connectivity index (χ0n) is 12.5. The molecule has 1 aromatic carbocycles. The fourth-order valence-corrected chi connectivity index (χ4v) is 2.36. The lowest BCUT2D eigenvalue weighted by Crippen LogP contribution is -2.31. The number of aryl methyl sites for hydroxylation is 1. The molecule has 2 rings (SSSR count). The van der Waals surface area contributed by atoms with E-state index in [2.05, 4.69) is 15.5 Å². The minimum atomic E-state index is -0.189. The third-order valence-corrected chi connectivity index (χ3v) is 3.40. The van der Waals surface area contributed by atoms with Crippen molar-refractivity contribution in [2.75, 3.05) is 14.2 Å². The number of nitrogens with zero attached hydrogens (tertiary/aromatic N) is 3. The lowest BCUT2D eigenvalue weighted by atomic mass is 10.0. The number of ether oxygens (including phenoxy) is 2. The van der Waals surface area contributed by atoms with E-state index in [-0.39, 0.29) is 6.04 Å². The van der Waals surface area contributed by atoms with Gasteiger partial charge in [-0.2, -0.15) is 5.10 Å². The van der Waals surface area contributed by atoms with Crippen molar-refractivity contribution < 1.29 is 9.47 Å². The maximum atomic E-state index is 5.74. The highest BCUT2D eigenvalue weighted by molar-refractivity contribution is 5.47. The van der Waals surface area contributed by atoms with Crippen LogP contribution in [0.3, 0.4) is 0 Å². The van der Waals surface area contributed by atoms with Gasteiger partial charge >= 0.3 is 0 Å². The van der Waals surface area contributed by atoms with E-state index in [1.54, 1.807) is 20.5 Å². The molecule has 21 heavy (non-hydrogen) atoms. The molecule has 1 heterocycles. The van der Waals surface area contributed by atoms with Gasteiger partial charge in [0.25, 0.3) is 0 Å². The van der Waals surface area contributed by atoms with Crippen molar-refractivity contribution in [3.8, 4) is 11.5 Å². The van der Waals surface area contributed by atoms with Gasteiger partial charge in [-0.05, 0) is 19.1 Å². The van der Waals surface area contributed by atoms with Crippen molar-refractivity contribution in [1.82, 2.24) is 20.2 Å². The van der Waals surface area contributed by atoms with E-state index < -0.39 is 0 Å². The third kappa shape index (κ3) is 3.14. The van der Waals surface area contributed by atoms with Crippen molar-refractivity contribution in [3.05, 3.63) is 35.9 Å². The maximum Gasteiger partial charge on any atom is 0.138 e. The van der Waals surface area contributed by atoms with Crippen LogP contribution in [0.5, 0.6) is 11.5 Å². The van der Waals surface area contributed by atoms with E-state index in [1.165, 1.54) is 0 Å². The number of hydrogen-bond acceptors (Lipinski definition) is 6. The van der Waals surface area contributed by atoms with Crippen LogP contribution < -0.4 is 20.7 Å². The van der Waals surface area contributed by atoms with E-state index in [9.17, 15) is 0 Å². The van der Waals surface area contributed by atoms with Gasteiger partial charge in [0.05, 0.1) is 25.8 Å². The largest absolute Gasteiger partial charge is 0.496 e. The van der Waals surface area contributed by atoms with Crippen LogP contribution in [-0.4, -0.2) is 29.0 Å². The summed E-state index contributed by atoms with van der Waals surface area (Å²) < 4.78 is 12.7. The van der Waals surface area contributed by atoms with Gasteiger partial charge in [0.1, 0.15) is 23.7 Å². The molecule has 1 aromatic heterocycles. The van der Waals surface area contributed by atoms with E-state index in [1.807, 2.05) is 29.8 Å². The summed E-state index contributed by atoms with van der Waals surface area (Å²) in [4.78, 5) is 4.29. The Labute approximate surface area is 124 Å². The van der Waals surface area contributed by atoms with Crippen LogP contribution in [0.4, 0.5) is 0 Å². The van der Waals surface area contributed by atoms with Gasteiger partial charge in [0.2, 0.25) is 0 Å². The molecule has 0 aliphatic rings. The predicted octanol–water partition coefficient (Wildman–Crippen LogP) is 1.06. The Morgan fingerprint density at radius 3 is 2.48 bits per heavy atom. The number of nitrogens with one attached hydrogen (secondary N) is 1. The number of benzene rings is 1. The zero-order valence-corrected chi connectivity index (χ0v) is 12.5. The molecule has 0 aliphatic heterocycles. The third-order valence-electron chi connectivity index (χ3n) is 3.40. The molecule has 0 bridgehead atoms. The lowest BCUT2D eigenvalue weighted by Gasteiger charge is -2.21. The quantitative estimate of drug-likeness (QED) is 0.586. The minimum absolute atomic E-state index is 0.189. The first kappa shape index (κ1) is 15.3. The molecule has 0 amide bonds. The monoisotopic (exact) mass is 291 g/mol. The molecule has 0 fully saturated rings. The van der Waals surface area contributed by atoms with Crippen molar-refractivity contribution in [2.24, 2.45) is 5.84 Å². The summed E-state index contributed by atoms with van der Waals surface area (Å²) in [5.74, 6) is 8.04. The van der Waals surface area contributed by atoms with Gasteiger partial charge in [0.15, 0.2) is 0 Å². The molecular formula is C14H21N5O2. The van der Waals surface area contributed by atoms with Crippen LogP contribution in [0.25, 0.3) is 0 Å². The topological polar surface area (TPSA) is 87.2 Å². The van der Waals surface area contributed by atoms with E-state index in [4.69, 9.17) is 15.3 Å². The summed E-state index contributed by atoms with van der Waals surface area (Å²) in [6, 6.07) is 5.45. The number of rotatable bonds is 7. The van der Waals surface area contributed by atoms with Gasteiger partial charge in [-0.1, -0.05) is 6.07 Å². The van der Waals surface area contributed by atoms with Gasteiger partial charge in [-0.3, -0.25) is 16.0 Å². The van der Waals surface area contributed by atoms with Gasteiger partial charge in [0, 0.05) is 13.0 Å². The number of methoxy groups -OCH3 is 2. The first-order valence-corrected chi connectivity index (χ1v) is 6.78. The normalized spacial score (nSPS) is 12.2. The van der Waals surface area contributed by atoms with E-state index in [0.29, 0.717) is 6.42 Å². The molecule has 3 N–H and O–H groups in total. The van der Waals surface area contributed by atoms with Crippen molar-refractivity contribution in [3.63, 3.8) is 0 Å². The second-order valence-electron chi connectivity index (χ2n) is 4.49. The summed E-state index contributed by atoms with van der Waals surface area (Å²) in [6.07, 6.45) is 2.13. The number of aromatic nitrogens is 3. The molecule has 0 aliphatic carbocycles. The Hall–Kier alpha value is -2.12. The van der Waals surface area contributed by atoms with Gasteiger partial charge < -0.3 is 9.47 Å². The second-order valence-corrected chi connectivity index (χ2v) is 4.49. The fourth-order valence-electron chi connectivity index (χ4n) is 2.36. The molecule has 1 atom stereocenters.